The lowest BCUT2D eigenvalue weighted by Gasteiger charge is -2.23. The lowest BCUT2D eigenvalue weighted by molar-refractivity contribution is 0.472. The van der Waals surface area contributed by atoms with Gasteiger partial charge >= 0.3 is 0 Å². The van der Waals surface area contributed by atoms with Gasteiger partial charge in [-0.15, -0.1) is 11.3 Å². The second-order valence-electron chi connectivity index (χ2n) is 4.86. The molecule has 0 bridgehead atoms. The van der Waals surface area contributed by atoms with Crippen molar-refractivity contribution < 1.29 is 0 Å². The first-order chi connectivity index (χ1) is 8.24. The molecule has 0 radical (unpaired) electrons. The van der Waals surface area contributed by atoms with Crippen molar-refractivity contribution in [3.63, 3.8) is 0 Å². The highest BCUT2D eigenvalue weighted by Crippen LogP contribution is 2.31. The molecule has 0 amide bonds. The topological polar surface area (TPSA) is 12.0 Å². The Balaban J connectivity index is 1.94. The van der Waals surface area contributed by atoms with Gasteiger partial charge in [-0.3, -0.25) is 0 Å². The van der Waals surface area contributed by atoms with Crippen LogP contribution in [0, 0.1) is 0 Å². The molecule has 1 nitrogen and oxygen atoms in total. The zero-order valence-electron chi connectivity index (χ0n) is 11.0. The van der Waals surface area contributed by atoms with E-state index in [0.29, 0.717) is 12.1 Å². The molecule has 0 aromatic carbocycles. The van der Waals surface area contributed by atoms with Crippen LogP contribution in [0.25, 0.3) is 0 Å². The van der Waals surface area contributed by atoms with Gasteiger partial charge in [0.15, 0.2) is 0 Å². The summed E-state index contributed by atoms with van der Waals surface area (Å²) in [6, 6.07) is 5.80. The number of hydrogen-bond donors (Lipinski definition) is 1. The van der Waals surface area contributed by atoms with Crippen molar-refractivity contribution in [2.45, 2.75) is 56.9 Å². The highest BCUT2D eigenvalue weighted by atomic mass is 32.2. The molecule has 1 saturated carbocycles. The average molecular weight is 269 g/mol. The molecule has 1 fully saturated rings. The number of hydrogen-bond acceptors (Lipinski definition) is 3. The molecule has 0 spiro atoms. The maximum atomic E-state index is 3.82. The quantitative estimate of drug-likeness (QED) is 0.858. The first kappa shape index (κ1) is 13.4. The molecule has 0 aliphatic heterocycles. The van der Waals surface area contributed by atoms with E-state index in [1.165, 1.54) is 29.0 Å². The largest absolute Gasteiger partial charge is 0.306 e. The van der Waals surface area contributed by atoms with Crippen molar-refractivity contribution >= 4 is 23.1 Å². The van der Waals surface area contributed by atoms with Crippen molar-refractivity contribution in [2.24, 2.45) is 0 Å². The van der Waals surface area contributed by atoms with Gasteiger partial charge in [-0.05, 0) is 44.6 Å². The Morgan fingerprint density at radius 3 is 2.94 bits per heavy atom. The Bertz CT molecular complexity index is 348. The summed E-state index contributed by atoms with van der Waals surface area (Å²) in [5.74, 6) is 0. The smallest absolute Gasteiger partial charge is 0.0388 e. The standard InChI is InChI=1S/C14H23NS2/c1-4-11-8-9-13(17-11)10(2)15-12-6-5-7-14(12)16-3/h8-10,12,14-15H,4-7H2,1-3H3. The van der Waals surface area contributed by atoms with E-state index < -0.39 is 0 Å². The minimum absolute atomic E-state index is 0.512. The molecule has 2 rings (SSSR count). The molecular formula is C14H23NS2. The number of rotatable bonds is 5. The van der Waals surface area contributed by atoms with Crippen LogP contribution in [0.2, 0.25) is 0 Å². The summed E-state index contributed by atoms with van der Waals surface area (Å²) in [5.41, 5.74) is 0. The molecule has 0 saturated heterocycles. The number of aryl methyl sites for hydroxylation is 1. The van der Waals surface area contributed by atoms with Crippen LogP contribution in [0.1, 0.15) is 48.9 Å². The molecule has 96 valence electrons. The maximum absolute atomic E-state index is 3.82. The minimum Gasteiger partial charge on any atom is -0.306 e. The van der Waals surface area contributed by atoms with Gasteiger partial charge in [0.2, 0.25) is 0 Å². The average Bonchev–Trinajstić information content (AvgIpc) is 2.96. The summed E-state index contributed by atoms with van der Waals surface area (Å²) < 4.78 is 0. The Kier molecular flexibility index (Phi) is 4.95. The molecule has 1 aromatic rings. The maximum Gasteiger partial charge on any atom is 0.0388 e. The summed E-state index contributed by atoms with van der Waals surface area (Å²) in [7, 11) is 0. The van der Waals surface area contributed by atoms with Crippen molar-refractivity contribution in [1.82, 2.24) is 5.32 Å². The summed E-state index contributed by atoms with van der Waals surface area (Å²) in [6.45, 7) is 4.54. The Morgan fingerprint density at radius 1 is 1.47 bits per heavy atom. The molecule has 1 N–H and O–H groups in total. The van der Waals surface area contributed by atoms with Crippen LogP contribution < -0.4 is 5.32 Å². The Labute approximate surface area is 113 Å². The van der Waals surface area contributed by atoms with E-state index in [1.807, 2.05) is 23.1 Å². The molecule has 1 aliphatic carbocycles. The third-order valence-corrected chi connectivity index (χ3v) is 6.26. The van der Waals surface area contributed by atoms with Crippen LogP contribution in [0.15, 0.2) is 12.1 Å². The number of nitrogens with one attached hydrogen (secondary N) is 1. The summed E-state index contributed by atoms with van der Waals surface area (Å²) >= 11 is 3.99. The van der Waals surface area contributed by atoms with Gasteiger partial charge in [-0.2, -0.15) is 11.8 Å². The normalized spacial score (nSPS) is 26.3. The third-order valence-electron chi connectivity index (χ3n) is 3.68. The van der Waals surface area contributed by atoms with Gasteiger partial charge in [0, 0.05) is 27.1 Å². The van der Waals surface area contributed by atoms with E-state index in [-0.39, 0.29) is 0 Å². The van der Waals surface area contributed by atoms with Gasteiger partial charge in [0.05, 0.1) is 0 Å². The molecule has 3 unspecified atom stereocenters. The van der Waals surface area contributed by atoms with Crippen LogP contribution in [-0.2, 0) is 6.42 Å². The minimum atomic E-state index is 0.512. The Morgan fingerprint density at radius 2 is 2.29 bits per heavy atom. The van der Waals surface area contributed by atoms with E-state index >= 15 is 0 Å². The van der Waals surface area contributed by atoms with Gasteiger partial charge in [-0.25, -0.2) is 0 Å². The molecule has 3 heteroatoms. The van der Waals surface area contributed by atoms with Crippen LogP contribution in [0.5, 0.6) is 0 Å². The van der Waals surface area contributed by atoms with Crippen molar-refractivity contribution in [3.8, 4) is 0 Å². The van der Waals surface area contributed by atoms with Gasteiger partial charge < -0.3 is 5.32 Å². The van der Waals surface area contributed by atoms with Crippen LogP contribution in [-0.4, -0.2) is 17.5 Å². The summed E-state index contributed by atoms with van der Waals surface area (Å²) in [5, 5.41) is 4.65. The number of thioether (sulfide) groups is 1. The fourth-order valence-corrected chi connectivity index (χ4v) is 4.53. The summed E-state index contributed by atoms with van der Waals surface area (Å²) in [6.07, 6.45) is 7.53. The number of thiophene rings is 1. The van der Waals surface area contributed by atoms with E-state index in [1.54, 1.807) is 0 Å². The molecular weight excluding hydrogens is 246 g/mol. The predicted octanol–water partition coefficient (Wildman–Crippen LogP) is 4.25. The molecule has 3 atom stereocenters. The SMILES string of the molecule is CCc1ccc(C(C)NC2CCCC2SC)s1. The van der Waals surface area contributed by atoms with E-state index in [2.05, 4.69) is 37.6 Å². The van der Waals surface area contributed by atoms with Crippen LogP contribution in [0.3, 0.4) is 0 Å². The van der Waals surface area contributed by atoms with Crippen molar-refractivity contribution in [3.05, 3.63) is 21.9 Å². The predicted molar refractivity (Wildman–Crippen MR) is 80.2 cm³/mol. The fraction of sp³-hybridized carbons (Fsp3) is 0.714. The van der Waals surface area contributed by atoms with E-state index in [0.717, 1.165) is 11.7 Å². The fourth-order valence-electron chi connectivity index (χ4n) is 2.62. The van der Waals surface area contributed by atoms with Crippen LogP contribution in [0.4, 0.5) is 0 Å². The van der Waals surface area contributed by atoms with Crippen molar-refractivity contribution in [2.75, 3.05) is 6.26 Å². The lowest BCUT2D eigenvalue weighted by Crippen LogP contribution is -2.35. The first-order valence-electron chi connectivity index (χ1n) is 6.62. The lowest BCUT2D eigenvalue weighted by atomic mass is 10.2. The summed E-state index contributed by atoms with van der Waals surface area (Å²) in [4.78, 5) is 3.00. The first-order valence-corrected chi connectivity index (χ1v) is 8.72. The second kappa shape index (κ2) is 6.26. The van der Waals surface area contributed by atoms with Gasteiger partial charge in [0.25, 0.3) is 0 Å². The van der Waals surface area contributed by atoms with E-state index in [9.17, 15) is 0 Å². The molecule has 17 heavy (non-hydrogen) atoms. The zero-order valence-corrected chi connectivity index (χ0v) is 12.7. The monoisotopic (exact) mass is 269 g/mol. The van der Waals surface area contributed by atoms with Gasteiger partial charge in [0.1, 0.15) is 0 Å². The molecule has 1 aromatic heterocycles. The van der Waals surface area contributed by atoms with Crippen molar-refractivity contribution in [1.29, 1.82) is 0 Å². The zero-order chi connectivity index (χ0) is 12.3. The molecule has 1 heterocycles. The van der Waals surface area contributed by atoms with Gasteiger partial charge in [-0.1, -0.05) is 13.3 Å². The highest BCUT2D eigenvalue weighted by molar-refractivity contribution is 7.99. The highest BCUT2D eigenvalue weighted by Gasteiger charge is 2.27. The van der Waals surface area contributed by atoms with Crippen LogP contribution >= 0.6 is 23.1 Å². The van der Waals surface area contributed by atoms with E-state index in [4.69, 9.17) is 0 Å². The molecule has 1 aliphatic rings. The second-order valence-corrected chi connectivity index (χ2v) is 7.13. The Hall–Kier alpha value is 0.01000. The third kappa shape index (κ3) is 3.27.